The molecule has 1 aromatic heterocycles. The van der Waals surface area contributed by atoms with Gasteiger partial charge in [-0.2, -0.15) is 0 Å². The monoisotopic (exact) mass is 275 g/mol. The maximum absolute atomic E-state index is 6.18. The Morgan fingerprint density at radius 3 is 2.50 bits per heavy atom. The first-order valence-electron chi connectivity index (χ1n) is 5.16. The van der Waals surface area contributed by atoms with Crippen LogP contribution in [0.4, 0.5) is 0 Å². The lowest BCUT2D eigenvalue weighted by atomic mass is 9.92. The molecule has 1 atom stereocenters. The Morgan fingerprint density at radius 1 is 1.43 bits per heavy atom. The van der Waals surface area contributed by atoms with Gasteiger partial charge in [0.2, 0.25) is 0 Å². The highest BCUT2D eigenvalue weighted by atomic mass is 79.9. The maximum atomic E-state index is 6.18. The van der Waals surface area contributed by atoms with E-state index in [-0.39, 0.29) is 0 Å². The molecule has 0 radical (unpaired) electrons. The molecule has 1 aromatic rings. The Labute approximate surface area is 98.8 Å². The second kappa shape index (κ2) is 5.89. The van der Waals surface area contributed by atoms with E-state index >= 15 is 0 Å². The van der Waals surface area contributed by atoms with Crippen LogP contribution in [0, 0.1) is 5.92 Å². The molecule has 0 amide bonds. The topological polar surface area (TPSA) is 26.0 Å². The molecule has 0 aromatic carbocycles. The minimum atomic E-state index is 0.306. The predicted octanol–water partition coefficient (Wildman–Crippen LogP) is 3.82. The molecule has 1 heterocycles. The van der Waals surface area contributed by atoms with Crippen LogP contribution in [-0.2, 0) is 6.42 Å². The van der Waals surface area contributed by atoms with Crippen molar-refractivity contribution in [2.45, 2.75) is 39.2 Å². The van der Waals surface area contributed by atoms with Crippen molar-refractivity contribution in [1.29, 1.82) is 0 Å². The third kappa shape index (κ3) is 3.07. The molecule has 0 aliphatic carbocycles. The lowest BCUT2D eigenvalue weighted by Crippen LogP contribution is -2.31. The fourth-order valence-corrected chi connectivity index (χ4v) is 3.33. The van der Waals surface area contributed by atoms with Crippen molar-refractivity contribution in [3.63, 3.8) is 0 Å². The Bertz CT molecular complexity index is 268. The van der Waals surface area contributed by atoms with Gasteiger partial charge >= 0.3 is 0 Å². The van der Waals surface area contributed by atoms with Gasteiger partial charge in [0.05, 0.1) is 0 Å². The summed E-state index contributed by atoms with van der Waals surface area (Å²) in [6.07, 6.45) is 3.37. The number of nitrogens with two attached hydrogens (primary N) is 1. The fourth-order valence-electron chi connectivity index (χ4n) is 1.75. The van der Waals surface area contributed by atoms with Crippen LogP contribution >= 0.6 is 27.3 Å². The third-order valence-corrected chi connectivity index (χ3v) is 4.72. The molecular weight excluding hydrogens is 258 g/mol. The highest BCUT2D eigenvalue weighted by molar-refractivity contribution is 9.10. The van der Waals surface area contributed by atoms with Gasteiger partial charge < -0.3 is 5.73 Å². The average molecular weight is 276 g/mol. The van der Waals surface area contributed by atoms with E-state index in [0.29, 0.717) is 12.0 Å². The van der Waals surface area contributed by atoms with Gasteiger partial charge in [-0.15, -0.1) is 11.3 Å². The summed E-state index contributed by atoms with van der Waals surface area (Å²) in [6.45, 7) is 4.44. The molecule has 1 rings (SSSR count). The minimum absolute atomic E-state index is 0.306. The van der Waals surface area contributed by atoms with Crippen LogP contribution < -0.4 is 5.73 Å². The van der Waals surface area contributed by atoms with Gasteiger partial charge in [0, 0.05) is 15.4 Å². The molecule has 80 valence electrons. The van der Waals surface area contributed by atoms with Gasteiger partial charge in [-0.3, -0.25) is 0 Å². The maximum Gasteiger partial charge on any atom is 0.0314 e. The van der Waals surface area contributed by atoms with Crippen LogP contribution in [-0.4, -0.2) is 6.04 Å². The molecule has 1 nitrogen and oxygen atoms in total. The number of halogens is 1. The fraction of sp³-hybridized carbons (Fsp3) is 0.636. The van der Waals surface area contributed by atoms with Crippen LogP contribution in [0.1, 0.15) is 31.6 Å². The van der Waals surface area contributed by atoms with Gasteiger partial charge in [-0.05, 0) is 39.7 Å². The van der Waals surface area contributed by atoms with Crippen molar-refractivity contribution < 1.29 is 0 Å². The highest BCUT2D eigenvalue weighted by Gasteiger charge is 2.16. The van der Waals surface area contributed by atoms with E-state index in [4.69, 9.17) is 5.73 Å². The largest absolute Gasteiger partial charge is 0.327 e. The van der Waals surface area contributed by atoms with E-state index in [1.165, 1.54) is 22.2 Å². The number of rotatable bonds is 5. The van der Waals surface area contributed by atoms with E-state index < -0.39 is 0 Å². The number of thiophene rings is 1. The Balaban J connectivity index is 2.56. The van der Waals surface area contributed by atoms with Crippen molar-refractivity contribution in [2.75, 3.05) is 0 Å². The number of hydrogen-bond donors (Lipinski definition) is 1. The summed E-state index contributed by atoms with van der Waals surface area (Å²) in [5.74, 6) is 0.656. The zero-order valence-electron chi connectivity index (χ0n) is 8.79. The highest BCUT2D eigenvalue weighted by Crippen LogP contribution is 2.26. The van der Waals surface area contributed by atoms with Gasteiger partial charge in [-0.1, -0.05) is 26.7 Å². The first-order chi connectivity index (χ1) is 6.69. The van der Waals surface area contributed by atoms with Crippen molar-refractivity contribution in [1.82, 2.24) is 0 Å². The first kappa shape index (κ1) is 12.2. The van der Waals surface area contributed by atoms with E-state index in [2.05, 4.69) is 41.2 Å². The zero-order chi connectivity index (χ0) is 10.6. The molecule has 14 heavy (non-hydrogen) atoms. The molecule has 1 unspecified atom stereocenters. The molecular formula is C11H18BrNS. The lowest BCUT2D eigenvalue weighted by Gasteiger charge is -2.20. The van der Waals surface area contributed by atoms with Crippen molar-refractivity contribution in [2.24, 2.45) is 11.7 Å². The Hall–Kier alpha value is 0.140. The summed E-state index contributed by atoms with van der Waals surface area (Å²) in [6, 6.07) is 2.40. The SMILES string of the molecule is CCC(CC)C(N)Cc1sccc1Br. The van der Waals surface area contributed by atoms with Crippen LogP contribution in [0.5, 0.6) is 0 Å². The van der Waals surface area contributed by atoms with Gasteiger partial charge in [-0.25, -0.2) is 0 Å². The smallest absolute Gasteiger partial charge is 0.0314 e. The summed E-state index contributed by atoms with van der Waals surface area (Å²) in [4.78, 5) is 1.38. The molecule has 3 heteroatoms. The molecule has 0 saturated heterocycles. The summed E-state index contributed by atoms with van der Waals surface area (Å²) in [5, 5.41) is 2.11. The predicted molar refractivity (Wildman–Crippen MR) is 67.8 cm³/mol. The van der Waals surface area contributed by atoms with E-state index in [0.717, 1.165) is 6.42 Å². The van der Waals surface area contributed by atoms with Crippen molar-refractivity contribution >= 4 is 27.3 Å². The standard InChI is InChI=1S/C11H18BrNS/c1-3-8(4-2)10(13)7-11-9(12)5-6-14-11/h5-6,8,10H,3-4,7,13H2,1-2H3. The first-order valence-corrected chi connectivity index (χ1v) is 6.83. The van der Waals surface area contributed by atoms with E-state index in [9.17, 15) is 0 Å². The minimum Gasteiger partial charge on any atom is -0.327 e. The van der Waals surface area contributed by atoms with Crippen LogP contribution in [0.25, 0.3) is 0 Å². The van der Waals surface area contributed by atoms with Crippen LogP contribution in [0.15, 0.2) is 15.9 Å². The van der Waals surface area contributed by atoms with E-state index in [1.54, 1.807) is 11.3 Å². The third-order valence-electron chi connectivity index (χ3n) is 2.77. The Kier molecular flexibility index (Phi) is 5.13. The van der Waals surface area contributed by atoms with Crippen molar-refractivity contribution in [3.05, 3.63) is 20.8 Å². The van der Waals surface area contributed by atoms with Crippen LogP contribution in [0.2, 0.25) is 0 Å². The lowest BCUT2D eigenvalue weighted by molar-refractivity contribution is 0.395. The number of hydrogen-bond acceptors (Lipinski definition) is 2. The quantitative estimate of drug-likeness (QED) is 0.869. The van der Waals surface area contributed by atoms with Gasteiger partial charge in [0.1, 0.15) is 0 Å². The molecule has 0 bridgehead atoms. The molecule has 0 saturated carbocycles. The summed E-state index contributed by atoms with van der Waals surface area (Å²) < 4.78 is 1.21. The average Bonchev–Trinajstić information content (AvgIpc) is 2.54. The molecule has 0 fully saturated rings. The van der Waals surface area contributed by atoms with E-state index in [1.807, 2.05) is 0 Å². The van der Waals surface area contributed by atoms with Crippen molar-refractivity contribution in [3.8, 4) is 0 Å². The summed E-state index contributed by atoms with van der Waals surface area (Å²) in [5.41, 5.74) is 6.18. The van der Waals surface area contributed by atoms with Gasteiger partial charge in [0.15, 0.2) is 0 Å². The van der Waals surface area contributed by atoms with Crippen LogP contribution in [0.3, 0.4) is 0 Å². The molecule has 0 aliphatic heterocycles. The molecule has 2 N–H and O–H groups in total. The van der Waals surface area contributed by atoms with Gasteiger partial charge in [0.25, 0.3) is 0 Å². The normalized spacial score (nSPS) is 13.5. The summed E-state index contributed by atoms with van der Waals surface area (Å²) >= 11 is 5.33. The molecule has 0 aliphatic rings. The second-order valence-electron chi connectivity index (χ2n) is 3.64. The molecule has 0 spiro atoms. The second-order valence-corrected chi connectivity index (χ2v) is 5.49. The summed E-state index contributed by atoms with van der Waals surface area (Å²) in [7, 11) is 0. The zero-order valence-corrected chi connectivity index (χ0v) is 11.2. The Morgan fingerprint density at radius 2 is 2.07 bits per heavy atom.